The third-order valence-electron chi connectivity index (χ3n) is 7.81. The van der Waals surface area contributed by atoms with Gasteiger partial charge in [-0.2, -0.15) is 0 Å². The molecule has 1 saturated heterocycles. The highest BCUT2D eigenvalue weighted by Gasteiger charge is 2.44. The Labute approximate surface area is 219 Å². The van der Waals surface area contributed by atoms with Gasteiger partial charge in [0, 0.05) is 35.9 Å². The van der Waals surface area contributed by atoms with Crippen molar-refractivity contribution < 1.29 is 9.90 Å². The van der Waals surface area contributed by atoms with Gasteiger partial charge in [0.1, 0.15) is 29.7 Å². The van der Waals surface area contributed by atoms with E-state index in [0.717, 1.165) is 23.3 Å². The number of aliphatic hydroxyl groups is 1. The number of carbonyl (C=O) groups excluding carboxylic acids is 1. The maximum atomic E-state index is 12.9. The van der Waals surface area contributed by atoms with Gasteiger partial charge in [0.25, 0.3) is 0 Å². The molecule has 9 heteroatoms. The first-order chi connectivity index (χ1) is 18.0. The number of nitrogens with zero attached hydrogens (tertiary/aromatic N) is 5. The number of aromatic nitrogens is 4. The van der Waals surface area contributed by atoms with Crippen LogP contribution in [0.3, 0.4) is 0 Å². The second-order valence-corrected chi connectivity index (χ2v) is 10.9. The standard InChI is InChI=1S/C28H27ClN6O2/c29-19-3-1-2-17(10-19)20-11-21(20)28(37)33-24-12-26(31-15-30-24)35-9-8-23(36)27(35)22-14-34-13-18(16-4-5-16)6-7-25(34)32-22/h1-3,6-7,10,12-16,20-21,23,27,36H,4-5,8-9,11H2,(H,30,31,33,37)/t20?,21?,23-,27+/m1/s1. The van der Waals surface area contributed by atoms with Crippen LogP contribution in [-0.4, -0.2) is 43.0 Å². The number of halogens is 1. The molecule has 2 N–H and O–H groups in total. The number of amides is 1. The highest BCUT2D eigenvalue weighted by atomic mass is 35.5. The lowest BCUT2D eigenvalue weighted by atomic mass is 10.1. The van der Waals surface area contributed by atoms with Crippen molar-refractivity contribution in [2.45, 2.75) is 49.7 Å². The van der Waals surface area contributed by atoms with Crippen LogP contribution in [0.4, 0.5) is 11.6 Å². The van der Waals surface area contributed by atoms with Crippen LogP contribution in [0, 0.1) is 5.92 Å². The highest BCUT2D eigenvalue weighted by molar-refractivity contribution is 6.30. The Morgan fingerprint density at radius 3 is 2.78 bits per heavy atom. The van der Waals surface area contributed by atoms with E-state index in [1.807, 2.05) is 30.5 Å². The lowest BCUT2D eigenvalue weighted by molar-refractivity contribution is -0.117. The van der Waals surface area contributed by atoms with Crippen LogP contribution in [0.15, 0.2) is 61.2 Å². The second-order valence-electron chi connectivity index (χ2n) is 10.4. The van der Waals surface area contributed by atoms with Crippen LogP contribution in [0.25, 0.3) is 5.65 Å². The van der Waals surface area contributed by atoms with Crippen LogP contribution in [0.5, 0.6) is 0 Å². The number of imidazole rings is 1. The number of rotatable bonds is 6. The molecule has 1 aliphatic heterocycles. The third kappa shape index (κ3) is 4.34. The summed E-state index contributed by atoms with van der Waals surface area (Å²) in [5.74, 6) is 1.79. The molecule has 2 unspecified atom stereocenters. The van der Waals surface area contributed by atoms with E-state index in [4.69, 9.17) is 16.6 Å². The molecule has 7 rings (SSSR count). The summed E-state index contributed by atoms with van der Waals surface area (Å²) in [6.07, 6.45) is 8.96. The van der Waals surface area contributed by atoms with Gasteiger partial charge in [0.2, 0.25) is 5.91 Å². The number of nitrogens with one attached hydrogen (secondary N) is 1. The van der Waals surface area contributed by atoms with Crippen LogP contribution < -0.4 is 10.2 Å². The number of anilines is 2. The number of carbonyl (C=O) groups is 1. The van der Waals surface area contributed by atoms with Gasteiger partial charge in [-0.3, -0.25) is 4.79 Å². The van der Waals surface area contributed by atoms with Crippen molar-refractivity contribution in [1.29, 1.82) is 0 Å². The Bertz CT molecular complexity index is 1500. The Morgan fingerprint density at radius 2 is 1.95 bits per heavy atom. The zero-order valence-electron chi connectivity index (χ0n) is 20.2. The van der Waals surface area contributed by atoms with Crippen molar-refractivity contribution in [2.75, 3.05) is 16.8 Å². The Morgan fingerprint density at radius 1 is 1.05 bits per heavy atom. The van der Waals surface area contributed by atoms with Crippen molar-refractivity contribution in [3.05, 3.63) is 83.0 Å². The van der Waals surface area contributed by atoms with Gasteiger partial charge in [0.05, 0.1) is 11.8 Å². The maximum Gasteiger partial charge on any atom is 0.229 e. The first-order valence-electron chi connectivity index (χ1n) is 12.8. The number of fused-ring (bicyclic) bond motifs is 1. The Balaban J connectivity index is 1.09. The minimum Gasteiger partial charge on any atom is -0.390 e. The Hall–Kier alpha value is -3.49. The number of pyridine rings is 1. The van der Waals surface area contributed by atoms with Gasteiger partial charge >= 0.3 is 0 Å². The summed E-state index contributed by atoms with van der Waals surface area (Å²) in [6.45, 7) is 0.636. The predicted molar refractivity (Wildman–Crippen MR) is 141 cm³/mol. The monoisotopic (exact) mass is 514 g/mol. The quantitative estimate of drug-likeness (QED) is 0.387. The lowest BCUT2D eigenvalue weighted by Gasteiger charge is -2.26. The molecule has 0 bridgehead atoms. The summed E-state index contributed by atoms with van der Waals surface area (Å²) in [5.41, 5.74) is 4.10. The molecule has 3 fully saturated rings. The summed E-state index contributed by atoms with van der Waals surface area (Å²) in [5, 5.41) is 14.5. The summed E-state index contributed by atoms with van der Waals surface area (Å²) in [4.78, 5) is 28.6. The Kier molecular flexibility index (Phi) is 5.41. The molecule has 0 spiro atoms. The second kappa shape index (κ2) is 8.82. The van der Waals surface area contributed by atoms with E-state index in [-0.39, 0.29) is 23.8 Å². The minimum absolute atomic E-state index is 0.0561. The fourth-order valence-corrected chi connectivity index (χ4v) is 5.80. The van der Waals surface area contributed by atoms with Crippen molar-refractivity contribution >= 4 is 34.8 Å². The average molecular weight is 515 g/mol. The van der Waals surface area contributed by atoms with Crippen molar-refractivity contribution in [3.63, 3.8) is 0 Å². The largest absolute Gasteiger partial charge is 0.390 e. The van der Waals surface area contributed by atoms with Gasteiger partial charge < -0.3 is 19.7 Å². The molecule has 1 amide bonds. The SMILES string of the molecule is O=C(Nc1cc(N2CC[C@@H](O)[C@@H]2c2cn3cc(C4CC4)ccc3n2)ncn1)C1CC1c1cccc(Cl)c1. The lowest BCUT2D eigenvalue weighted by Crippen LogP contribution is -2.28. The predicted octanol–water partition coefficient (Wildman–Crippen LogP) is 4.71. The van der Waals surface area contributed by atoms with E-state index in [1.165, 1.54) is 24.7 Å². The fraction of sp³-hybridized carbons (Fsp3) is 0.357. The smallest absolute Gasteiger partial charge is 0.229 e. The van der Waals surface area contributed by atoms with E-state index in [2.05, 4.69) is 42.9 Å². The molecule has 8 nitrogen and oxygen atoms in total. The van der Waals surface area contributed by atoms with Crippen molar-refractivity contribution in [3.8, 4) is 0 Å². The molecule has 4 atom stereocenters. The molecule has 188 valence electrons. The van der Waals surface area contributed by atoms with E-state index < -0.39 is 6.10 Å². The van der Waals surface area contributed by atoms with Gasteiger partial charge in [-0.25, -0.2) is 15.0 Å². The minimum atomic E-state index is -0.564. The molecule has 0 radical (unpaired) electrons. The van der Waals surface area contributed by atoms with Crippen molar-refractivity contribution in [2.24, 2.45) is 5.92 Å². The zero-order chi connectivity index (χ0) is 25.1. The van der Waals surface area contributed by atoms with Gasteiger partial charge in [-0.15, -0.1) is 0 Å². The number of aliphatic hydroxyl groups excluding tert-OH is 1. The molecule has 1 aromatic carbocycles. The first kappa shape index (κ1) is 22.7. The van der Waals surface area contributed by atoms with Crippen LogP contribution in [-0.2, 0) is 4.79 Å². The number of hydrogen-bond acceptors (Lipinski definition) is 6. The van der Waals surface area contributed by atoms with Gasteiger partial charge in [-0.1, -0.05) is 29.8 Å². The van der Waals surface area contributed by atoms with Gasteiger partial charge in [-0.05, 0) is 66.8 Å². The van der Waals surface area contributed by atoms with Crippen LogP contribution in [0.2, 0.25) is 5.02 Å². The highest BCUT2D eigenvalue weighted by Crippen LogP contribution is 2.48. The molecule has 3 aromatic heterocycles. The summed E-state index contributed by atoms with van der Waals surface area (Å²) in [6, 6.07) is 13.4. The average Bonchev–Trinajstić information content (AvgIpc) is 3.81. The summed E-state index contributed by atoms with van der Waals surface area (Å²) >= 11 is 6.12. The van der Waals surface area contributed by atoms with E-state index in [9.17, 15) is 9.90 Å². The van der Waals surface area contributed by atoms with Gasteiger partial charge in [0.15, 0.2) is 0 Å². The van der Waals surface area contributed by atoms with Crippen molar-refractivity contribution in [1.82, 2.24) is 19.4 Å². The molecular weight excluding hydrogens is 488 g/mol. The molecular formula is C28H27ClN6O2. The molecule has 4 heterocycles. The van der Waals surface area contributed by atoms with E-state index in [0.29, 0.717) is 35.5 Å². The molecule has 3 aliphatic rings. The molecule has 37 heavy (non-hydrogen) atoms. The summed E-state index contributed by atoms with van der Waals surface area (Å²) in [7, 11) is 0. The van der Waals surface area contributed by atoms with E-state index >= 15 is 0 Å². The number of benzene rings is 1. The fourth-order valence-electron chi connectivity index (χ4n) is 5.60. The van der Waals surface area contributed by atoms with E-state index in [1.54, 1.807) is 6.07 Å². The molecule has 4 aromatic rings. The number of hydrogen-bond donors (Lipinski definition) is 2. The molecule has 2 saturated carbocycles. The van der Waals surface area contributed by atoms with Crippen LogP contribution in [0.1, 0.15) is 60.4 Å². The topological polar surface area (TPSA) is 95.7 Å². The molecule has 2 aliphatic carbocycles. The summed E-state index contributed by atoms with van der Waals surface area (Å²) < 4.78 is 2.06. The normalized spacial score (nSPS) is 25.0. The zero-order valence-corrected chi connectivity index (χ0v) is 20.9. The third-order valence-corrected chi connectivity index (χ3v) is 8.05. The van der Waals surface area contributed by atoms with Crippen LogP contribution >= 0.6 is 11.6 Å². The first-order valence-corrected chi connectivity index (χ1v) is 13.2. The maximum absolute atomic E-state index is 12.9.